The van der Waals surface area contributed by atoms with Crippen LogP contribution in [0.15, 0.2) is 76.1 Å². The zero-order valence-electron chi connectivity index (χ0n) is 14.4. The second-order valence-corrected chi connectivity index (χ2v) is 6.04. The topological polar surface area (TPSA) is 58.6 Å². The highest BCUT2D eigenvalue weighted by Crippen LogP contribution is 2.28. The summed E-state index contributed by atoms with van der Waals surface area (Å²) in [7, 11) is 0. The van der Waals surface area contributed by atoms with Gasteiger partial charge in [-0.1, -0.05) is 31.2 Å². The van der Waals surface area contributed by atoms with Crippen molar-refractivity contribution in [1.29, 1.82) is 0 Å². The minimum Gasteiger partial charge on any atom is -0.507 e. The van der Waals surface area contributed by atoms with Crippen molar-refractivity contribution in [3.63, 3.8) is 0 Å². The van der Waals surface area contributed by atoms with Crippen molar-refractivity contribution in [1.82, 2.24) is 4.98 Å². The van der Waals surface area contributed by atoms with Crippen LogP contribution >= 0.6 is 0 Å². The van der Waals surface area contributed by atoms with E-state index in [1.54, 1.807) is 18.3 Å². The Morgan fingerprint density at radius 2 is 1.92 bits per heavy atom. The first-order chi connectivity index (χ1) is 12.7. The van der Waals surface area contributed by atoms with E-state index in [0.29, 0.717) is 11.5 Å². The molecule has 1 aromatic heterocycles. The number of fused-ring (bicyclic) bond motifs is 1. The lowest BCUT2D eigenvalue weighted by atomic mass is 10.1. The molecule has 0 spiro atoms. The average molecular weight is 342 g/mol. The number of hydrogen-bond donors (Lipinski definition) is 1. The molecule has 4 nitrogen and oxygen atoms in total. The maximum Gasteiger partial charge on any atom is 0.227 e. The normalized spacial score (nSPS) is 11.4. The van der Waals surface area contributed by atoms with E-state index in [-0.39, 0.29) is 5.75 Å². The van der Waals surface area contributed by atoms with Gasteiger partial charge in [-0.3, -0.25) is 4.99 Å². The average Bonchev–Trinajstić information content (AvgIpc) is 3.11. The Morgan fingerprint density at radius 3 is 2.77 bits per heavy atom. The molecule has 0 aliphatic rings. The second kappa shape index (κ2) is 6.84. The summed E-state index contributed by atoms with van der Waals surface area (Å²) in [6, 6.07) is 20.9. The van der Waals surface area contributed by atoms with E-state index in [1.165, 1.54) is 5.56 Å². The van der Waals surface area contributed by atoms with E-state index >= 15 is 0 Å². The zero-order valence-corrected chi connectivity index (χ0v) is 14.4. The Bertz CT molecular complexity index is 1100. The van der Waals surface area contributed by atoms with Crippen molar-refractivity contribution >= 4 is 23.0 Å². The van der Waals surface area contributed by atoms with E-state index in [2.05, 4.69) is 29.0 Å². The van der Waals surface area contributed by atoms with Crippen LogP contribution in [0.3, 0.4) is 0 Å². The number of nitrogens with zero attached hydrogens (tertiary/aromatic N) is 2. The van der Waals surface area contributed by atoms with Crippen LogP contribution in [0.5, 0.6) is 5.75 Å². The number of aromatic nitrogens is 1. The number of benzene rings is 3. The molecule has 0 aliphatic carbocycles. The van der Waals surface area contributed by atoms with Crippen molar-refractivity contribution in [2.24, 2.45) is 4.99 Å². The summed E-state index contributed by atoms with van der Waals surface area (Å²) in [5.41, 5.74) is 5.18. The molecule has 1 N–H and O–H groups in total. The molecule has 4 aromatic rings. The van der Waals surface area contributed by atoms with Crippen molar-refractivity contribution in [2.75, 3.05) is 0 Å². The molecule has 0 saturated heterocycles. The summed E-state index contributed by atoms with van der Waals surface area (Å²) in [6.07, 6.45) is 2.61. The van der Waals surface area contributed by atoms with Crippen molar-refractivity contribution in [3.8, 4) is 17.2 Å². The van der Waals surface area contributed by atoms with Gasteiger partial charge in [0.05, 0.1) is 5.69 Å². The Balaban J connectivity index is 1.66. The van der Waals surface area contributed by atoms with Crippen LogP contribution in [0.25, 0.3) is 22.6 Å². The molecule has 4 heteroatoms. The number of aliphatic imine (C=N–C) groups is 1. The molecule has 1 heterocycles. The molecular weight excluding hydrogens is 324 g/mol. The molecule has 0 atom stereocenters. The maximum atomic E-state index is 9.83. The molecule has 4 rings (SSSR count). The Kier molecular flexibility index (Phi) is 4.23. The molecule has 3 aromatic carbocycles. The highest BCUT2D eigenvalue weighted by atomic mass is 16.3. The summed E-state index contributed by atoms with van der Waals surface area (Å²) >= 11 is 0. The van der Waals surface area contributed by atoms with Crippen LogP contribution in [0.4, 0.5) is 5.69 Å². The van der Waals surface area contributed by atoms with Gasteiger partial charge in [0.2, 0.25) is 5.89 Å². The summed E-state index contributed by atoms with van der Waals surface area (Å²) in [5.74, 6) is 0.783. The van der Waals surface area contributed by atoms with Crippen LogP contribution < -0.4 is 0 Å². The smallest absolute Gasteiger partial charge is 0.227 e. The first-order valence-corrected chi connectivity index (χ1v) is 8.55. The van der Waals surface area contributed by atoms with Gasteiger partial charge in [-0.05, 0) is 54.4 Å². The third-order valence-electron chi connectivity index (χ3n) is 4.24. The minimum absolute atomic E-state index is 0.207. The molecule has 0 bridgehead atoms. The van der Waals surface area contributed by atoms with E-state index in [4.69, 9.17) is 4.42 Å². The molecule has 0 saturated carbocycles. The summed E-state index contributed by atoms with van der Waals surface area (Å²) in [4.78, 5) is 9.06. The first kappa shape index (κ1) is 16.1. The van der Waals surface area contributed by atoms with Gasteiger partial charge in [-0.25, -0.2) is 4.98 Å². The molecular formula is C22H18N2O2. The number of phenols is 1. The van der Waals surface area contributed by atoms with Crippen molar-refractivity contribution < 1.29 is 9.52 Å². The predicted molar refractivity (Wildman–Crippen MR) is 104 cm³/mol. The lowest BCUT2D eigenvalue weighted by Crippen LogP contribution is -1.81. The summed E-state index contributed by atoms with van der Waals surface area (Å²) in [5, 5.41) is 9.83. The number of aromatic hydroxyl groups is 1. The van der Waals surface area contributed by atoms with Gasteiger partial charge in [-0.2, -0.15) is 0 Å². The fraction of sp³-hybridized carbons (Fsp3) is 0.0909. The van der Waals surface area contributed by atoms with Gasteiger partial charge >= 0.3 is 0 Å². The minimum atomic E-state index is 0.207. The number of oxazole rings is 1. The lowest BCUT2D eigenvalue weighted by molar-refractivity contribution is 0.474. The quantitative estimate of drug-likeness (QED) is 0.497. The highest BCUT2D eigenvalue weighted by Gasteiger charge is 2.09. The van der Waals surface area contributed by atoms with Crippen molar-refractivity contribution in [3.05, 3.63) is 77.9 Å². The molecule has 0 radical (unpaired) electrons. The van der Waals surface area contributed by atoms with Gasteiger partial charge in [0.25, 0.3) is 0 Å². The van der Waals surface area contributed by atoms with E-state index in [9.17, 15) is 5.11 Å². The highest BCUT2D eigenvalue weighted by molar-refractivity contribution is 5.85. The van der Waals surface area contributed by atoms with Crippen molar-refractivity contribution in [2.45, 2.75) is 13.3 Å². The third kappa shape index (κ3) is 3.22. The first-order valence-electron chi connectivity index (χ1n) is 8.55. The number of rotatable bonds is 4. The standard InChI is InChI=1S/C22H18N2O2/c1-2-15-10-11-21-19(12-15)24-22(26-21)16-7-5-8-18(13-16)23-14-17-6-3-4-9-20(17)25/h3-14,25H,2H2,1H3. The van der Waals surface area contributed by atoms with Gasteiger partial charge in [0, 0.05) is 17.3 Å². The Morgan fingerprint density at radius 1 is 1.04 bits per heavy atom. The number of hydrogen-bond acceptors (Lipinski definition) is 4. The molecule has 0 fully saturated rings. The van der Waals surface area contributed by atoms with E-state index < -0.39 is 0 Å². The Labute approximate surface area is 151 Å². The fourth-order valence-corrected chi connectivity index (χ4v) is 2.78. The molecule has 0 aliphatic heterocycles. The Hall–Kier alpha value is -3.40. The SMILES string of the molecule is CCc1ccc2oc(-c3cccc(N=Cc4ccccc4O)c3)nc2c1. The summed E-state index contributed by atoms with van der Waals surface area (Å²) < 4.78 is 5.89. The predicted octanol–water partition coefficient (Wildman–Crippen LogP) is 5.51. The molecule has 0 amide bonds. The zero-order chi connectivity index (χ0) is 17.9. The largest absolute Gasteiger partial charge is 0.507 e. The molecule has 0 unspecified atom stereocenters. The molecule has 128 valence electrons. The van der Waals surface area contributed by atoms with E-state index in [0.717, 1.165) is 28.8 Å². The fourth-order valence-electron chi connectivity index (χ4n) is 2.78. The second-order valence-electron chi connectivity index (χ2n) is 6.04. The number of aryl methyl sites for hydroxylation is 1. The lowest BCUT2D eigenvalue weighted by Gasteiger charge is -1.99. The monoisotopic (exact) mass is 342 g/mol. The summed E-state index contributed by atoms with van der Waals surface area (Å²) in [6.45, 7) is 2.12. The van der Waals surface area contributed by atoms with Gasteiger partial charge < -0.3 is 9.52 Å². The van der Waals surface area contributed by atoms with Gasteiger partial charge in [0.15, 0.2) is 5.58 Å². The van der Waals surface area contributed by atoms with Crippen LogP contribution in [-0.4, -0.2) is 16.3 Å². The maximum absolute atomic E-state index is 9.83. The molecule has 26 heavy (non-hydrogen) atoms. The van der Waals surface area contributed by atoms with Crippen LogP contribution in [0, 0.1) is 0 Å². The third-order valence-corrected chi connectivity index (χ3v) is 4.24. The van der Waals surface area contributed by atoms with Gasteiger partial charge in [-0.15, -0.1) is 0 Å². The number of phenolic OH excluding ortho intramolecular Hbond substituents is 1. The van der Waals surface area contributed by atoms with Crippen LogP contribution in [0.2, 0.25) is 0 Å². The van der Waals surface area contributed by atoms with Crippen LogP contribution in [-0.2, 0) is 6.42 Å². The van der Waals surface area contributed by atoms with Gasteiger partial charge in [0.1, 0.15) is 11.3 Å². The number of para-hydroxylation sites is 1. The van der Waals surface area contributed by atoms with Crippen LogP contribution in [0.1, 0.15) is 18.1 Å². The van der Waals surface area contributed by atoms with E-state index in [1.807, 2.05) is 42.5 Å².